The molecular formula is C11H22N2. The molecule has 2 nitrogen and oxygen atoms in total. The summed E-state index contributed by atoms with van der Waals surface area (Å²) in [6.07, 6.45) is 3.34. The van der Waals surface area contributed by atoms with E-state index < -0.39 is 0 Å². The lowest BCUT2D eigenvalue weighted by Gasteiger charge is -1.99. The Kier molecular flexibility index (Phi) is 12.4. The van der Waals surface area contributed by atoms with Gasteiger partial charge in [-0.15, -0.1) is 0 Å². The molecule has 0 aliphatic heterocycles. The van der Waals surface area contributed by atoms with Gasteiger partial charge in [0.25, 0.3) is 0 Å². The van der Waals surface area contributed by atoms with Gasteiger partial charge in [-0.1, -0.05) is 41.5 Å². The smallest absolute Gasteiger partial charge is 0.115 e. The van der Waals surface area contributed by atoms with Crippen molar-refractivity contribution in [2.75, 3.05) is 0 Å². The molecule has 0 bridgehead atoms. The largest absolute Gasteiger partial charge is 0.245 e. The third kappa shape index (κ3) is 7.44. The SMILES string of the molecule is CC.CC.CC(C)c1ccncn1. The second kappa shape index (κ2) is 11.1. The van der Waals surface area contributed by atoms with Gasteiger partial charge in [0.2, 0.25) is 0 Å². The molecule has 0 fully saturated rings. The summed E-state index contributed by atoms with van der Waals surface area (Å²) in [7, 11) is 0. The van der Waals surface area contributed by atoms with Crippen molar-refractivity contribution in [2.45, 2.75) is 47.5 Å². The van der Waals surface area contributed by atoms with Crippen molar-refractivity contribution in [1.29, 1.82) is 0 Å². The molecule has 1 heterocycles. The molecule has 76 valence electrons. The number of hydrogen-bond donors (Lipinski definition) is 0. The normalized spacial score (nSPS) is 7.92. The highest BCUT2D eigenvalue weighted by Gasteiger charge is 1.95. The van der Waals surface area contributed by atoms with Crippen LogP contribution in [-0.2, 0) is 0 Å². The molecule has 0 spiro atoms. The lowest BCUT2D eigenvalue weighted by molar-refractivity contribution is 0.814. The second-order valence-corrected chi connectivity index (χ2v) is 2.29. The Hall–Kier alpha value is -0.920. The molecule has 0 amide bonds. The van der Waals surface area contributed by atoms with E-state index in [1.54, 1.807) is 12.5 Å². The minimum Gasteiger partial charge on any atom is -0.245 e. The van der Waals surface area contributed by atoms with Crippen LogP contribution in [-0.4, -0.2) is 9.97 Å². The first-order valence-electron chi connectivity index (χ1n) is 5.06. The molecule has 1 rings (SSSR count). The second-order valence-electron chi connectivity index (χ2n) is 2.29. The van der Waals surface area contributed by atoms with Gasteiger partial charge in [0.05, 0.1) is 0 Å². The van der Waals surface area contributed by atoms with E-state index in [1.807, 2.05) is 33.8 Å². The van der Waals surface area contributed by atoms with Crippen molar-refractivity contribution in [3.63, 3.8) is 0 Å². The van der Waals surface area contributed by atoms with E-state index in [0.717, 1.165) is 5.69 Å². The maximum atomic E-state index is 4.07. The predicted octanol–water partition coefficient (Wildman–Crippen LogP) is 3.65. The van der Waals surface area contributed by atoms with Gasteiger partial charge in [-0.3, -0.25) is 0 Å². The maximum absolute atomic E-state index is 4.07. The summed E-state index contributed by atoms with van der Waals surface area (Å²) < 4.78 is 0. The van der Waals surface area contributed by atoms with Gasteiger partial charge >= 0.3 is 0 Å². The van der Waals surface area contributed by atoms with Crippen LogP contribution < -0.4 is 0 Å². The lowest BCUT2D eigenvalue weighted by atomic mass is 10.1. The third-order valence-electron chi connectivity index (χ3n) is 1.20. The first-order chi connectivity index (χ1) is 6.30. The number of rotatable bonds is 1. The monoisotopic (exact) mass is 182 g/mol. The Balaban J connectivity index is 0. The fraction of sp³-hybridized carbons (Fsp3) is 0.636. The van der Waals surface area contributed by atoms with Crippen LogP contribution in [0.3, 0.4) is 0 Å². The predicted molar refractivity (Wildman–Crippen MR) is 58.8 cm³/mol. The fourth-order valence-corrected chi connectivity index (χ4v) is 0.642. The van der Waals surface area contributed by atoms with Crippen LogP contribution >= 0.6 is 0 Å². The van der Waals surface area contributed by atoms with Crippen molar-refractivity contribution in [3.8, 4) is 0 Å². The highest BCUT2D eigenvalue weighted by molar-refractivity contribution is 5.02. The molecular weight excluding hydrogens is 160 g/mol. The van der Waals surface area contributed by atoms with Crippen molar-refractivity contribution < 1.29 is 0 Å². The Morgan fingerprint density at radius 2 is 1.62 bits per heavy atom. The summed E-state index contributed by atoms with van der Waals surface area (Å²) in [6.45, 7) is 12.2. The molecule has 1 aromatic heterocycles. The topological polar surface area (TPSA) is 25.8 Å². The van der Waals surface area contributed by atoms with E-state index in [9.17, 15) is 0 Å². The van der Waals surface area contributed by atoms with E-state index in [0.29, 0.717) is 5.92 Å². The zero-order valence-electron chi connectivity index (χ0n) is 9.70. The van der Waals surface area contributed by atoms with Gasteiger partial charge in [-0.05, 0) is 12.0 Å². The van der Waals surface area contributed by atoms with Gasteiger partial charge in [-0.25, -0.2) is 9.97 Å². The molecule has 13 heavy (non-hydrogen) atoms. The van der Waals surface area contributed by atoms with Crippen molar-refractivity contribution >= 4 is 0 Å². The first kappa shape index (κ1) is 14.6. The molecule has 0 aliphatic carbocycles. The minimum atomic E-state index is 0.507. The average molecular weight is 182 g/mol. The molecule has 0 aromatic carbocycles. The molecule has 1 aromatic rings. The molecule has 0 radical (unpaired) electrons. The highest BCUT2D eigenvalue weighted by atomic mass is 14.8. The minimum absolute atomic E-state index is 0.507. The Bertz CT molecular complexity index is 171. The van der Waals surface area contributed by atoms with Crippen molar-refractivity contribution in [2.24, 2.45) is 0 Å². The van der Waals surface area contributed by atoms with E-state index in [-0.39, 0.29) is 0 Å². The van der Waals surface area contributed by atoms with Crippen molar-refractivity contribution in [1.82, 2.24) is 9.97 Å². The zero-order valence-corrected chi connectivity index (χ0v) is 9.70. The van der Waals surface area contributed by atoms with Crippen LogP contribution in [0.4, 0.5) is 0 Å². The molecule has 0 saturated heterocycles. The van der Waals surface area contributed by atoms with E-state index in [1.165, 1.54) is 0 Å². The summed E-state index contributed by atoms with van der Waals surface area (Å²) in [5.74, 6) is 0.507. The van der Waals surface area contributed by atoms with Gasteiger partial charge < -0.3 is 0 Å². The fourth-order valence-electron chi connectivity index (χ4n) is 0.642. The van der Waals surface area contributed by atoms with Crippen molar-refractivity contribution in [3.05, 3.63) is 24.3 Å². The van der Waals surface area contributed by atoms with Crippen LogP contribution in [0.5, 0.6) is 0 Å². The Morgan fingerprint density at radius 3 is 1.85 bits per heavy atom. The molecule has 0 saturated carbocycles. The Morgan fingerprint density at radius 1 is 1.08 bits per heavy atom. The van der Waals surface area contributed by atoms with Crippen LogP contribution in [0, 0.1) is 0 Å². The first-order valence-corrected chi connectivity index (χ1v) is 5.06. The summed E-state index contributed by atoms with van der Waals surface area (Å²) in [4.78, 5) is 7.88. The van der Waals surface area contributed by atoms with Crippen LogP contribution in [0.2, 0.25) is 0 Å². The molecule has 0 atom stereocenters. The van der Waals surface area contributed by atoms with Crippen LogP contribution in [0.1, 0.15) is 53.2 Å². The van der Waals surface area contributed by atoms with E-state index >= 15 is 0 Å². The number of nitrogens with zero attached hydrogens (tertiary/aromatic N) is 2. The Labute approximate surface area is 82.4 Å². The summed E-state index contributed by atoms with van der Waals surface area (Å²) in [6, 6.07) is 1.94. The quantitative estimate of drug-likeness (QED) is 0.662. The molecule has 0 aliphatic rings. The number of hydrogen-bond acceptors (Lipinski definition) is 2. The average Bonchev–Trinajstić information content (AvgIpc) is 2.25. The lowest BCUT2D eigenvalue weighted by Crippen LogP contribution is -1.90. The van der Waals surface area contributed by atoms with E-state index in [4.69, 9.17) is 0 Å². The van der Waals surface area contributed by atoms with Gasteiger partial charge in [0, 0.05) is 11.9 Å². The van der Waals surface area contributed by atoms with Crippen LogP contribution in [0.25, 0.3) is 0 Å². The zero-order chi connectivity index (χ0) is 10.7. The van der Waals surface area contributed by atoms with Gasteiger partial charge in [-0.2, -0.15) is 0 Å². The molecule has 0 unspecified atom stereocenters. The summed E-state index contributed by atoms with van der Waals surface area (Å²) >= 11 is 0. The van der Waals surface area contributed by atoms with E-state index in [2.05, 4.69) is 23.8 Å². The maximum Gasteiger partial charge on any atom is 0.115 e. The van der Waals surface area contributed by atoms with Gasteiger partial charge in [0.15, 0.2) is 0 Å². The summed E-state index contributed by atoms with van der Waals surface area (Å²) in [5, 5.41) is 0. The van der Waals surface area contributed by atoms with Crippen LogP contribution in [0.15, 0.2) is 18.6 Å². The third-order valence-corrected chi connectivity index (χ3v) is 1.20. The number of aromatic nitrogens is 2. The molecule has 2 heteroatoms. The van der Waals surface area contributed by atoms with Gasteiger partial charge in [0.1, 0.15) is 6.33 Å². The highest BCUT2D eigenvalue weighted by Crippen LogP contribution is 2.07. The summed E-state index contributed by atoms with van der Waals surface area (Å²) in [5.41, 5.74) is 1.10. The standard InChI is InChI=1S/C7H10N2.2C2H6/c1-6(2)7-3-4-8-5-9-7;2*1-2/h3-6H,1-2H3;2*1-2H3. The molecule has 0 N–H and O–H groups in total.